The number of hydrogen-bond acceptors (Lipinski definition) is 3. The van der Waals surface area contributed by atoms with Crippen LogP contribution in [0.2, 0.25) is 0 Å². The number of carbonyl (C=O) groups excluding carboxylic acids is 1. The molecule has 5 heteroatoms. The Hall–Kier alpha value is -2.95. The molecule has 2 rings (SSSR count). The molecule has 36 heavy (non-hydrogen) atoms. The molecule has 196 valence electrons. The summed E-state index contributed by atoms with van der Waals surface area (Å²) in [6.07, 6.45) is 8.23. The van der Waals surface area contributed by atoms with Crippen LogP contribution < -0.4 is 0 Å². The number of rotatable bonds is 18. The Bertz CT molecular complexity index is 936. The zero-order valence-electron chi connectivity index (χ0n) is 21.8. The number of unbranched alkanes of at least 4 members (excludes halogenated alkanes) is 4. The predicted octanol–water partition coefficient (Wildman–Crippen LogP) is 7.61. The molecule has 0 aliphatic carbocycles. The third-order valence-corrected chi connectivity index (χ3v) is 7.27. The normalized spacial score (nSPS) is 13.2. The zero-order chi connectivity index (χ0) is 26.4. The monoisotopic (exact) mass is 494 g/mol. The van der Waals surface area contributed by atoms with Crippen molar-refractivity contribution in [3.8, 4) is 0 Å². The van der Waals surface area contributed by atoms with E-state index in [0.717, 1.165) is 62.5 Å². The van der Waals surface area contributed by atoms with Gasteiger partial charge in [0.15, 0.2) is 0 Å². The van der Waals surface area contributed by atoms with Crippen LogP contribution in [-0.2, 0) is 14.4 Å². The van der Waals surface area contributed by atoms with Crippen LogP contribution in [0.5, 0.6) is 0 Å². The first-order valence-corrected chi connectivity index (χ1v) is 13.3. The number of Topliss-reactive ketones (excluding diaryl/α,β-unsaturated/α-hetero) is 1. The van der Waals surface area contributed by atoms with E-state index in [0.29, 0.717) is 12.8 Å². The first kappa shape index (κ1) is 29.3. The molecule has 0 fully saturated rings. The minimum absolute atomic E-state index is 0.0187. The molecule has 2 N–H and O–H groups in total. The number of carbonyl (C=O) groups is 3. The molecule has 2 atom stereocenters. The summed E-state index contributed by atoms with van der Waals surface area (Å²) in [5, 5.41) is 18.9. The van der Waals surface area contributed by atoms with Gasteiger partial charge in [-0.1, -0.05) is 86.3 Å². The van der Waals surface area contributed by atoms with Crippen molar-refractivity contribution in [3.05, 3.63) is 71.8 Å². The van der Waals surface area contributed by atoms with Crippen LogP contribution >= 0.6 is 0 Å². The maximum atomic E-state index is 12.3. The maximum absolute atomic E-state index is 12.3. The van der Waals surface area contributed by atoms with Gasteiger partial charge in [0.25, 0.3) is 0 Å². The van der Waals surface area contributed by atoms with Crippen molar-refractivity contribution >= 4 is 17.7 Å². The molecule has 5 nitrogen and oxygen atoms in total. The number of carboxylic acids is 2. The van der Waals surface area contributed by atoms with Crippen molar-refractivity contribution in [1.82, 2.24) is 0 Å². The first-order chi connectivity index (χ1) is 17.2. The van der Waals surface area contributed by atoms with Gasteiger partial charge in [0, 0.05) is 12.8 Å². The summed E-state index contributed by atoms with van der Waals surface area (Å²) in [5.41, 5.74) is 1.28. The van der Waals surface area contributed by atoms with Crippen molar-refractivity contribution in [1.29, 1.82) is 0 Å². The fraction of sp³-hybridized carbons (Fsp3) is 0.516. The highest BCUT2D eigenvalue weighted by Crippen LogP contribution is 2.39. The van der Waals surface area contributed by atoms with E-state index in [1.807, 2.05) is 60.7 Å². The molecule has 0 radical (unpaired) electrons. The van der Waals surface area contributed by atoms with Crippen LogP contribution in [0.4, 0.5) is 0 Å². The number of ketones is 1. The zero-order valence-corrected chi connectivity index (χ0v) is 21.8. The fourth-order valence-corrected chi connectivity index (χ4v) is 4.96. The first-order valence-electron chi connectivity index (χ1n) is 13.3. The molecule has 0 aromatic heterocycles. The second-order valence-corrected chi connectivity index (χ2v) is 10.4. The van der Waals surface area contributed by atoms with Crippen LogP contribution in [0.1, 0.15) is 107 Å². The van der Waals surface area contributed by atoms with E-state index < -0.39 is 17.4 Å². The number of carboxylic acid groups (broad SMARTS) is 2. The van der Waals surface area contributed by atoms with E-state index in [2.05, 4.69) is 0 Å². The standard InChI is InChI=1S/C31H42O5/c1-31(2,30(35)36)28(25-17-9-4-10-18-25)22-14-6-13-21-27(32)20-12-5-11-19-26(23-29(33)34)24-15-7-3-8-16-24/h3-4,7-10,15-18,26,28H,5-6,11-14,19-23H2,1-2H3,(H,33,34)(H,35,36). The summed E-state index contributed by atoms with van der Waals surface area (Å²) in [5.74, 6) is -1.33. The lowest BCUT2D eigenvalue weighted by Crippen LogP contribution is -2.31. The quantitative estimate of drug-likeness (QED) is 0.208. The van der Waals surface area contributed by atoms with Gasteiger partial charge >= 0.3 is 11.9 Å². The highest BCUT2D eigenvalue weighted by atomic mass is 16.4. The molecule has 2 aromatic carbocycles. The lowest BCUT2D eigenvalue weighted by Gasteiger charge is -2.31. The van der Waals surface area contributed by atoms with Crippen molar-refractivity contribution < 1.29 is 24.6 Å². The van der Waals surface area contributed by atoms with E-state index >= 15 is 0 Å². The maximum Gasteiger partial charge on any atom is 0.309 e. The van der Waals surface area contributed by atoms with E-state index in [9.17, 15) is 24.6 Å². The molecule has 0 heterocycles. The Balaban J connectivity index is 1.66. The summed E-state index contributed by atoms with van der Waals surface area (Å²) in [6.45, 7) is 3.58. The molecule has 0 aliphatic rings. The highest BCUT2D eigenvalue weighted by Gasteiger charge is 2.37. The second-order valence-electron chi connectivity index (χ2n) is 10.4. The van der Waals surface area contributed by atoms with E-state index in [1.165, 1.54) is 0 Å². The molecular weight excluding hydrogens is 452 g/mol. The van der Waals surface area contributed by atoms with Crippen LogP contribution in [0.15, 0.2) is 60.7 Å². The van der Waals surface area contributed by atoms with Crippen molar-refractivity contribution in [2.45, 2.75) is 96.3 Å². The van der Waals surface area contributed by atoms with Crippen LogP contribution in [0, 0.1) is 5.41 Å². The number of benzene rings is 2. The Kier molecular flexibility index (Phi) is 12.4. The van der Waals surface area contributed by atoms with Crippen LogP contribution in [-0.4, -0.2) is 27.9 Å². The van der Waals surface area contributed by atoms with Gasteiger partial charge in [-0.15, -0.1) is 0 Å². The van der Waals surface area contributed by atoms with Gasteiger partial charge in [-0.3, -0.25) is 14.4 Å². The molecule has 0 saturated carbocycles. The molecule has 2 unspecified atom stereocenters. The number of aliphatic carboxylic acids is 2. The summed E-state index contributed by atoms with van der Waals surface area (Å²) < 4.78 is 0. The van der Waals surface area contributed by atoms with Gasteiger partial charge in [-0.2, -0.15) is 0 Å². The topological polar surface area (TPSA) is 91.7 Å². The Morgan fingerprint density at radius 3 is 1.69 bits per heavy atom. The van der Waals surface area contributed by atoms with E-state index in [-0.39, 0.29) is 24.0 Å². The molecule has 0 spiro atoms. The average Bonchev–Trinajstić information content (AvgIpc) is 2.85. The Morgan fingerprint density at radius 2 is 1.19 bits per heavy atom. The van der Waals surface area contributed by atoms with Crippen molar-refractivity contribution in [3.63, 3.8) is 0 Å². The fourth-order valence-electron chi connectivity index (χ4n) is 4.96. The SMILES string of the molecule is CC(C)(C(=O)O)C(CCCCCC(=O)CCCCCC(CC(=O)O)c1ccccc1)c1ccccc1. The Morgan fingerprint density at radius 1 is 0.694 bits per heavy atom. The molecule has 0 amide bonds. The minimum Gasteiger partial charge on any atom is -0.481 e. The number of hydrogen-bond donors (Lipinski definition) is 2. The van der Waals surface area contributed by atoms with Gasteiger partial charge in [0.2, 0.25) is 0 Å². The smallest absolute Gasteiger partial charge is 0.309 e. The van der Waals surface area contributed by atoms with Crippen molar-refractivity contribution in [2.24, 2.45) is 5.41 Å². The van der Waals surface area contributed by atoms with Gasteiger partial charge in [0.05, 0.1) is 11.8 Å². The van der Waals surface area contributed by atoms with Crippen molar-refractivity contribution in [2.75, 3.05) is 0 Å². The summed E-state index contributed by atoms with van der Waals surface area (Å²) >= 11 is 0. The lowest BCUT2D eigenvalue weighted by atomic mass is 9.72. The molecule has 2 aromatic rings. The molecule has 0 saturated heterocycles. The lowest BCUT2D eigenvalue weighted by molar-refractivity contribution is -0.148. The summed E-state index contributed by atoms with van der Waals surface area (Å²) in [6, 6.07) is 19.6. The second kappa shape index (κ2) is 15.2. The molecular formula is C31H42O5. The summed E-state index contributed by atoms with van der Waals surface area (Å²) in [4.78, 5) is 35.4. The minimum atomic E-state index is -0.846. The highest BCUT2D eigenvalue weighted by molar-refractivity contribution is 5.78. The third-order valence-electron chi connectivity index (χ3n) is 7.27. The van der Waals surface area contributed by atoms with E-state index in [4.69, 9.17) is 0 Å². The molecule has 0 aliphatic heterocycles. The summed E-state index contributed by atoms with van der Waals surface area (Å²) in [7, 11) is 0. The van der Waals surface area contributed by atoms with Gasteiger partial charge in [0.1, 0.15) is 5.78 Å². The average molecular weight is 495 g/mol. The predicted molar refractivity (Wildman–Crippen MR) is 143 cm³/mol. The van der Waals surface area contributed by atoms with Gasteiger partial charge in [-0.25, -0.2) is 0 Å². The van der Waals surface area contributed by atoms with Crippen LogP contribution in [0.3, 0.4) is 0 Å². The van der Waals surface area contributed by atoms with Gasteiger partial charge in [-0.05, 0) is 62.5 Å². The third kappa shape index (κ3) is 9.96. The van der Waals surface area contributed by atoms with Crippen LogP contribution in [0.25, 0.3) is 0 Å². The largest absolute Gasteiger partial charge is 0.481 e. The van der Waals surface area contributed by atoms with Gasteiger partial charge < -0.3 is 10.2 Å². The van der Waals surface area contributed by atoms with E-state index in [1.54, 1.807) is 13.8 Å². The Labute approximate surface area is 215 Å². The molecule has 0 bridgehead atoms.